The maximum atomic E-state index is 10.8. The molecule has 0 aliphatic heterocycles. The maximum absolute atomic E-state index is 10.8. The fourth-order valence-corrected chi connectivity index (χ4v) is 1.20. The van der Waals surface area contributed by atoms with E-state index in [2.05, 4.69) is 17.2 Å². The third kappa shape index (κ3) is 3.79. The second-order valence-electron chi connectivity index (χ2n) is 3.35. The minimum Gasteiger partial charge on any atom is -0.497 e. The van der Waals surface area contributed by atoms with Gasteiger partial charge in [-0.05, 0) is 12.1 Å². The number of nitrogens with zero attached hydrogens (tertiary/aromatic N) is 1. The molecule has 0 aliphatic carbocycles. The Hall–Kier alpha value is -2.55. The summed E-state index contributed by atoms with van der Waals surface area (Å²) >= 11 is 0. The van der Waals surface area contributed by atoms with Crippen LogP contribution in [0.25, 0.3) is 0 Å². The van der Waals surface area contributed by atoms with Crippen molar-refractivity contribution in [3.8, 4) is 17.6 Å². The number of rotatable bonds is 3. The van der Waals surface area contributed by atoms with Crippen molar-refractivity contribution in [2.24, 2.45) is 0 Å². The van der Waals surface area contributed by atoms with Crippen molar-refractivity contribution >= 4 is 11.6 Å². The Bertz CT molecular complexity index is 529. The Kier molecular flexibility index (Phi) is 4.69. The second-order valence-corrected chi connectivity index (χ2v) is 3.35. The molecule has 0 aromatic heterocycles. The van der Waals surface area contributed by atoms with E-state index in [1.54, 1.807) is 6.07 Å². The first kappa shape index (κ1) is 13.5. The molecule has 0 saturated carbocycles. The molecule has 0 fully saturated rings. The highest BCUT2D eigenvalue weighted by atomic mass is 16.6. The van der Waals surface area contributed by atoms with Gasteiger partial charge in [0.15, 0.2) is 0 Å². The molecule has 0 saturated heterocycles. The van der Waals surface area contributed by atoms with Crippen LogP contribution in [0.4, 0.5) is 5.69 Å². The average molecular weight is 248 g/mol. The van der Waals surface area contributed by atoms with Crippen molar-refractivity contribution in [3.05, 3.63) is 33.9 Å². The van der Waals surface area contributed by atoms with Crippen molar-refractivity contribution in [3.63, 3.8) is 0 Å². The summed E-state index contributed by atoms with van der Waals surface area (Å²) in [6.07, 6.45) is 0. The highest BCUT2D eigenvalue weighted by Gasteiger charge is 2.13. The molecule has 0 unspecified atom stereocenters. The van der Waals surface area contributed by atoms with E-state index in [4.69, 9.17) is 4.74 Å². The van der Waals surface area contributed by atoms with Crippen LogP contribution in [-0.2, 0) is 4.79 Å². The van der Waals surface area contributed by atoms with Crippen LogP contribution < -0.4 is 10.1 Å². The summed E-state index contributed by atoms with van der Waals surface area (Å²) in [6, 6.07) is 4.41. The predicted octanol–water partition coefficient (Wildman–Crippen LogP) is 1.09. The molecule has 0 atom stereocenters. The van der Waals surface area contributed by atoms with Gasteiger partial charge in [0.2, 0.25) is 5.91 Å². The first-order chi connectivity index (χ1) is 8.54. The van der Waals surface area contributed by atoms with Gasteiger partial charge in [-0.1, -0.05) is 11.8 Å². The molecule has 18 heavy (non-hydrogen) atoms. The zero-order valence-electron chi connectivity index (χ0n) is 10.0. The smallest absolute Gasteiger partial charge is 0.288 e. The lowest BCUT2D eigenvalue weighted by atomic mass is 10.2. The van der Waals surface area contributed by atoms with Crippen LogP contribution in [0, 0.1) is 22.0 Å². The van der Waals surface area contributed by atoms with Crippen LogP contribution in [0.1, 0.15) is 12.5 Å². The fourth-order valence-electron chi connectivity index (χ4n) is 1.20. The Balaban J connectivity index is 2.94. The highest BCUT2D eigenvalue weighted by molar-refractivity contribution is 5.73. The molecule has 1 aromatic rings. The van der Waals surface area contributed by atoms with E-state index in [-0.39, 0.29) is 23.7 Å². The van der Waals surface area contributed by atoms with E-state index in [0.717, 1.165) is 0 Å². The number of hydrogen-bond donors (Lipinski definition) is 1. The first-order valence-electron chi connectivity index (χ1n) is 5.10. The number of methoxy groups -OCH3 is 1. The molecule has 94 valence electrons. The molecular formula is C12H12N2O4. The number of amides is 1. The van der Waals surface area contributed by atoms with Crippen LogP contribution in [0.15, 0.2) is 18.2 Å². The van der Waals surface area contributed by atoms with Crippen LogP contribution in [0.3, 0.4) is 0 Å². The molecule has 1 N–H and O–H groups in total. The summed E-state index contributed by atoms with van der Waals surface area (Å²) < 4.78 is 4.91. The quantitative estimate of drug-likeness (QED) is 0.493. The van der Waals surface area contributed by atoms with Crippen molar-refractivity contribution in [2.75, 3.05) is 13.7 Å². The van der Waals surface area contributed by atoms with Gasteiger partial charge in [-0.3, -0.25) is 14.9 Å². The Morgan fingerprint density at radius 2 is 2.28 bits per heavy atom. The van der Waals surface area contributed by atoms with Crippen LogP contribution >= 0.6 is 0 Å². The summed E-state index contributed by atoms with van der Waals surface area (Å²) in [5, 5.41) is 13.3. The van der Waals surface area contributed by atoms with Crippen LogP contribution in [0.5, 0.6) is 5.75 Å². The maximum Gasteiger partial charge on any atom is 0.288 e. The number of carbonyl (C=O) groups excluding carboxylic acids is 1. The summed E-state index contributed by atoms with van der Waals surface area (Å²) in [7, 11) is 1.43. The predicted molar refractivity (Wildman–Crippen MR) is 65.2 cm³/mol. The minimum absolute atomic E-state index is 0.121. The molecule has 6 nitrogen and oxygen atoms in total. The number of carbonyl (C=O) groups is 1. The van der Waals surface area contributed by atoms with Crippen molar-refractivity contribution < 1.29 is 14.5 Å². The van der Waals surface area contributed by atoms with Gasteiger partial charge in [0, 0.05) is 6.92 Å². The SMILES string of the molecule is COc1ccc(C#CCNC(C)=O)c([N+](=O)[O-])c1. The number of nitro benzene ring substituents is 1. The minimum atomic E-state index is -0.523. The van der Waals surface area contributed by atoms with Crippen LogP contribution in [0.2, 0.25) is 0 Å². The monoisotopic (exact) mass is 248 g/mol. The third-order valence-electron chi connectivity index (χ3n) is 2.05. The molecule has 6 heteroatoms. The zero-order chi connectivity index (χ0) is 13.5. The summed E-state index contributed by atoms with van der Waals surface area (Å²) in [6.45, 7) is 1.52. The molecule has 1 amide bonds. The normalized spacial score (nSPS) is 9.00. The number of ether oxygens (including phenoxy) is 1. The Morgan fingerprint density at radius 1 is 1.56 bits per heavy atom. The third-order valence-corrected chi connectivity index (χ3v) is 2.05. The average Bonchev–Trinajstić information content (AvgIpc) is 2.34. The van der Waals surface area contributed by atoms with Gasteiger partial charge in [0.25, 0.3) is 5.69 Å². The largest absolute Gasteiger partial charge is 0.497 e. The molecule has 0 heterocycles. The summed E-state index contributed by atoms with van der Waals surface area (Å²) in [5.74, 6) is 5.47. The molecule has 1 aromatic carbocycles. The second kappa shape index (κ2) is 6.25. The Morgan fingerprint density at radius 3 is 2.83 bits per heavy atom. The number of nitrogens with one attached hydrogen (secondary N) is 1. The van der Waals surface area contributed by atoms with E-state index in [1.807, 2.05) is 0 Å². The zero-order valence-corrected chi connectivity index (χ0v) is 10.0. The van der Waals surface area contributed by atoms with E-state index < -0.39 is 4.92 Å². The van der Waals surface area contributed by atoms with Crippen molar-refractivity contribution in [1.82, 2.24) is 5.32 Å². The van der Waals surface area contributed by atoms with E-state index in [0.29, 0.717) is 5.75 Å². The van der Waals surface area contributed by atoms with Crippen LogP contribution in [-0.4, -0.2) is 24.5 Å². The standard InChI is InChI=1S/C12H12N2O4/c1-9(15)13-7-3-4-10-5-6-11(18-2)8-12(10)14(16)17/h5-6,8H,7H2,1-2H3,(H,13,15). The number of hydrogen-bond acceptors (Lipinski definition) is 4. The molecule has 0 radical (unpaired) electrons. The molecule has 0 aliphatic rings. The summed E-state index contributed by atoms with van der Waals surface area (Å²) in [5.41, 5.74) is 0.163. The van der Waals surface area contributed by atoms with Gasteiger partial charge < -0.3 is 10.1 Å². The topological polar surface area (TPSA) is 81.5 Å². The van der Waals surface area contributed by atoms with Gasteiger partial charge in [0.1, 0.15) is 11.3 Å². The fraction of sp³-hybridized carbons (Fsp3) is 0.250. The summed E-state index contributed by atoms with van der Waals surface area (Å²) in [4.78, 5) is 20.9. The number of benzene rings is 1. The Labute approximate surface area is 104 Å². The molecule has 0 bridgehead atoms. The van der Waals surface area contributed by atoms with Crippen molar-refractivity contribution in [1.29, 1.82) is 0 Å². The van der Waals surface area contributed by atoms with Gasteiger partial charge in [-0.2, -0.15) is 0 Å². The lowest BCUT2D eigenvalue weighted by Gasteiger charge is -2.00. The highest BCUT2D eigenvalue weighted by Crippen LogP contribution is 2.23. The lowest BCUT2D eigenvalue weighted by molar-refractivity contribution is -0.385. The first-order valence-corrected chi connectivity index (χ1v) is 5.10. The van der Waals surface area contributed by atoms with Gasteiger partial charge in [-0.25, -0.2) is 0 Å². The lowest BCUT2D eigenvalue weighted by Crippen LogP contribution is -2.19. The van der Waals surface area contributed by atoms with E-state index >= 15 is 0 Å². The van der Waals surface area contributed by atoms with Crippen molar-refractivity contribution in [2.45, 2.75) is 6.92 Å². The van der Waals surface area contributed by atoms with Gasteiger partial charge in [0.05, 0.1) is 24.6 Å². The van der Waals surface area contributed by atoms with Gasteiger partial charge >= 0.3 is 0 Å². The molecule has 0 spiro atoms. The molecule has 1 rings (SSSR count). The van der Waals surface area contributed by atoms with E-state index in [1.165, 1.54) is 26.2 Å². The number of nitro groups is 1. The van der Waals surface area contributed by atoms with Gasteiger partial charge in [-0.15, -0.1) is 0 Å². The van der Waals surface area contributed by atoms with E-state index in [9.17, 15) is 14.9 Å². The molecular weight excluding hydrogens is 236 g/mol.